The first-order chi connectivity index (χ1) is 16.6. The Bertz CT molecular complexity index is 1200. The van der Waals surface area contributed by atoms with Gasteiger partial charge in [0.25, 0.3) is 17.4 Å². The van der Waals surface area contributed by atoms with Crippen molar-refractivity contribution in [2.45, 2.75) is 51.6 Å². The molecule has 1 aromatic heterocycles. The third kappa shape index (κ3) is 5.73. The molecule has 0 bridgehead atoms. The molecule has 5 N–H and O–H groups in total. The number of pyridine rings is 1. The highest BCUT2D eigenvalue weighted by atomic mass is 16.5. The predicted octanol–water partition coefficient (Wildman–Crippen LogP) is 1.50. The van der Waals surface area contributed by atoms with Crippen molar-refractivity contribution < 1.29 is 34.4 Å². The Kier molecular flexibility index (Phi) is 8.00. The maximum Gasteiger partial charge on any atom is 0.322 e. The van der Waals surface area contributed by atoms with Crippen LogP contribution in [0.4, 0.5) is 0 Å². The molecule has 188 valence electrons. The molecular formula is C24H29N3O8. The molecular weight excluding hydrogens is 458 g/mol. The Morgan fingerprint density at radius 2 is 1.77 bits per heavy atom. The number of carbonyl (C=O) groups excluding carboxylic acids is 2. The third-order valence-electron chi connectivity index (χ3n) is 5.98. The van der Waals surface area contributed by atoms with E-state index in [-0.39, 0.29) is 12.6 Å². The summed E-state index contributed by atoms with van der Waals surface area (Å²) in [5, 5.41) is 35.3. The number of rotatable bonds is 8. The lowest BCUT2D eigenvalue weighted by molar-refractivity contribution is -0.135. The van der Waals surface area contributed by atoms with E-state index in [4.69, 9.17) is 9.84 Å². The number of amides is 2. The maximum atomic E-state index is 13.2. The molecule has 2 amide bonds. The molecule has 0 atom stereocenters. The molecule has 0 radical (unpaired) electrons. The topological polar surface area (TPSA) is 167 Å². The minimum atomic E-state index is -1.36. The van der Waals surface area contributed by atoms with Gasteiger partial charge in [0.2, 0.25) is 5.88 Å². The number of hydrogen-bond acceptors (Lipinski definition) is 7. The lowest BCUT2D eigenvalue weighted by Crippen LogP contribution is -2.39. The van der Waals surface area contributed by atoms with Crippen LogP contribution in [0.15, 0.2) is 23.0 Å². The number of benzene rings is 1. The highest BCUT2D eigenvalue weighted by molar-refractivity contribution is 6.05. The summed E-state index contributed by atoms with van der Waals surface area (Å²) < 4.78 is 6.13. The average molecular weight is 488 g/mol. The molecule has 1 aromatic carbocycles. The van der Waals surface area contributed by atoms with E-state index in [9.17, 15) is 29.4 Å². The monoisotopic (exact) mass is 487 g/mol. The van der Waals surface area contributed by atoms with E-state index in [1.165, 1.54) is 7.11 Å². The SMILES string of the molecule is COc1cc(C)ccc1Cn1c(O)c(C(=O)NC2CCCCC2)c(O)c(C(=O)NCC(=O)O)c1=O. The standard InChI is InChI=1S/C24H29N3O8/c1-13-8-9-14(16(10-13)35-2)12-27-23(33)18(21(31)25-11-17(28)29)20(30)19(24(27)34)22(32)26-15-6-4-3-5-7-15/h8-10,15,30,34H,3-7,11-12H2,1-2H3,(H,25,31)(H,26,32)(H,28,29). The van der Waals surface area contributed by atoms with Crippen LogP contribution in [0.1, 0.15) is 63.9 Å². The van der Waals surface area contributed by atoms with Crippen molar-refractivity contribution in [2.24, 2.45) is 0 Å². The van der Waals surface area contributed by atoms with E-state index in [1.807, 2.05) is 12.2 Å². The number of nitrogens with one attached hydrogen (secondary N) is 2. The van der Waals surface area contributed by atoms with Gasteiger partial charge in [-0.1, -0.05) is 31.4 Å². The van der Waals surface area contributed by atoms with Crippen LogP contribution in [-0.4, -0.2) is 57.4 Å². The zero-order valence-electron chi connectivity index (χ0n) is 19.6. The van der Waals surface area contributed by atoms with E-state index in [2.05, 4.69) is 5.32 Å². The molecule has 3 rings (SSSR count). The van der Waals surface area contributed by atoms with Crippen LogP contribution in [0, 0.1) is 6.92 Å². The average Bonchev–Trinajstić information content (AvgIpc) is 2.81. The number of methoxy groups -OCH3 is 1. The molecule has 11 nitrogen and oxygen atoms in total. The highest BCUT2D eigenvalue weighted by Gasteiger charge is 2.31. The summed E-state index contributed by atoms with van der Waals surface area (Å²) in [6.07, 6.45) is 4.32. The van der Waals surface area contributed by atoms with Gasteiger partial charge in [0, 0.05) is 11.6 Å². The lowest BCUT2D eigenvalue weighted by atomic mass is 9.95. The van der Waals surface area contributed by atoms with Gasteiger partial charge in [-0.3, -0.25) is 23.7 Å². The van der Waals surface area contributed by atoms with Crippen molar-refractivity contribution in [3.05, 3.63) is 50.8 Å². The number of hydrogen-bond donors (Lipinski definition) is 5. The number of aryl methyl sites for hydroxylation is 1. The Morgan fingerprint density at radius 3 is 2.40 bits per heavy atom. The lowest BCUT2D eigenvalue weighted by Gasteiger charge is -2.24. The molecule has 0 unspecified atom stereocenters. The van der Waals surface area contributed by atoms with Gasteiger partial charge < -0.3 is 30.7 Å². The van der Waals surface area contributed by atoms with E-state index < -0.39 is 52.6 Å². The molecule has 1 aliphatic carbocycles. The fourth-order valence-corrected chi connectivity index (χ4v) is 4.16. The number of aliphatic carboxylic acids is 1. The van der Waals surface area contributed by atoms with E-state index in [0.717, 1.165) is 42.2 Å². The minimum Gasteiger partial charge on any atom is -0.506 e. The largest absolute Gasteiger partial charge is 0.506 e. The number of carbonyl (C=O) groups is 3. The van der Waals surface area contributed by atoms with Crippen molar-refractivity contribution in [2.75, 3.05) is 13.7 Å². The van der Waals surface area contributed by atoms with Gasteiger partial charge in [0.1, 0.15) is 23.4 Å². The molecule has 1 aliphatic rings. The van der Waals surface area contributed by atoms with Crippen molar-refractivity contribution in [3.8, 4) is 17.4 Å². The van der Waals surface area contributed by atoms with Crippen LogP contribution in [0.2, 0.25) is 0 Å². The number of aromatic hydroxyl groups is 2. The van der Waals surface area contributed by atoms with Crippen molar-refractivity contribution in [3.63, 3.8) is 0 Å². The quantitative estimate of drug-likeness (QED) is 0.373. The minimum absolute atomic E-state index is 0.183. The van der Waals surface area contributed by atoms with Gasteiger partial charge in [-0.05, 0) is 31.4 Å². The van der Waals surface area contributed by atoms with Gasteiger partial charge >= 0.3 is 5.97 Å². The number of ether oxygens (including phenoxy) is 1. The fraction of sp³-hybridized carbons (Fsp3) is 0.417. The molecule has 11 heteroatoms. The number of nitrogens with zero attached hydrogens (tertiary/aromatic N) is 1. The molecule has 0 saturated heterocycles. The molecule has 0 spiro atoms. The first-order valence-electron chi connectivity index (χ1n) is 11.3. The highest BCUT2D eigenvalue weighted by Crippen LogP contribution is 2.31. The Hall–Kier alpha value is -4.02. The van der Waals surface area contributed by atoms with E-state index in [0.29, 0.717) is 11.3 Å². The first kappa shape index (κ1) is 25.6. The second-order valence-electron chi connectivity index (χ2n) is 8.51. The fourth-order valence-electron chi connectivity index (χ4n) is 4.16. The van der Waals surface area contributed by atoms with Crippen molar-refractivity contribution >= 4 is 17.8 Å². The van der Waals surface area contributed by atoms with Gasteiger partial charge in [0.15, 0.2) is 5.75 Å². The predicted molar refractivity (Wildman–Crippen MR) is 125 cm³/mol. The second-order valence-corrected chi connectivity index (χ2v) is 8.51. The number of carboxylic acid groups (broad SMARTS) is 1. The van der Waals surface area contributed by atoms with Gasteiger partial charge in [-0.15, -0.1) is 0 Å². The zero-order valence-corrected chi connectivity index (χ0v) is 19.6. The molecule has 35 heavy (non-hydrogen) atoms. The Morgan fingerprint density at radius 1 is 1.09 bits per heavy atom. The normalized spacial score (nSPS) is 13.8. The van der Waals surface area contributed by atoms with Crippen LogP contribution in [0.3, 0.4) is 0 Å². The summed E-state index contributed by atoms with van der Waals surface area (Å²) in [5.41, 5.74) is -1.23. The van der Waals surface area contributed by atoms with Crippen LogP contribution < -0.4 is 20.9 Å². The van der Waals surface area contributed by atoms with Gasteiger partial charge in [-0.25, -0.2) is 0 Å². The molecule has 1 saturated carbocycles. The summed E-state index contributed by atoms with van der Waals surface area (Å²) in [4.78, 5) is 49.8. The van der Waals surface area contributed by atoms with Crippen molar-refractivity contribution in [1.82, 2.24) is 15.2 Å². The Balaban J connectivity index is 2.12. The first-order valence-corrected chi connectivity index (χ1v) is 11.3. The smallest absolute Gasteiger partial charge is 0.322 e. The van der Waals surface area contributed by atoms with Crippen LogP contribution in [0.5, 0.6) is 17.4 Å². The summed E-state index contributed by atoms with van der Waals surface area (Å²) in [6.45, 7) is 0.750. The summed E-state index contributed by atoms with van der Waals surface area (Å²) >= 11 is 0. The zero-order chi connectivity index (χ0) is 25.7. The summed E-state index contributed by atoms with van der Waals surface area (Å²) in [6, 6.07) is 4.96. The van der Waals surface area contributed by atoms with Crippen LogP contribution in [0.25, 0.3) is 0 Å². The van der Waals surface area contributed by atoms with Crippen LogP contribution >= 0.6 is 0 Å². The number of aromatic nitrogens is 1. The molecule has 2 aromatic rings. The Labute approximate surface area is 201 Å². The summed E-state index contributed by atoms with van der Waals surface area (Å²) in [5.74, 6) is -4.82. The molecule has 1 fully saturated rings. The van der Waals surface area contributed by atoms with Gasteiger partial charge in [-0.2, -0.15) is 0 Å². The van der Waals surface area contributed by atoms with Crippen LogP contribution in [-0.2, 0) is 11.3 Å². The van der Waals surface area contributed by atoms with Gasteiger partial charge in [0.05, 0.1) is 13.7 Å². The third-order valence-corrected chi connectivity index (χ3v) is 5.98. The molecule has 1 heterocycles. The second kappa shape index (κ2) is 10.9. The van der Waals surface area contributed by atoms with Crippen molar-refractivity contribution in [1.29, 1.82) is 0 Å². The van der Waals surface area contributed by atoms with E-state index in [1.54, 1.807) is 18.2 Å². The summed E-state index contributed by atoms with van der Waals surface area (Å²) in [7, 11) is 1.44. The maximum absolute atomic E-state index is 13.2. The molecule has 0 aliphatic heterocycles. The van der Waals surface area contributed by atoms with E-state index >= 15 is 0 Å². The number of carboxylic acids is 1.